The van der Waals surface area contributed by atoms with Crippen molar-refractivity contribution in [3.8, 4) is 0 Å². The first-order valence-electron chi connectivity index (χ1n) is 7.25. The molecule has 0 bridgehead atoms. The van der Waals surface area contributed by atoms with Crippen LogP contribution in [0.3, 0.4) is 0 Å². The maximum absolute atomic E-state index is 12.6. The molecule has 0 atom stereocenters. The molecule has 7 heteroatoms. The van der Waals surface area contributed by atoms with Crippen molar-refractivity contribution < 1.29 is 5.11 Å². The molecule has 3 aromatic rings. The van der Waals surface area contributed by atoms with E-state index in [0.717, 1.165) is 5.52 Å². The molecule has 120 valence electrons. The molecule has 0 radical (unpaired) electrons. The van der Waals surface area contributed by atoms with Gasteiger partial charge < -0.3 is 5.11 Å². The number of aliphatic hydroxyl groups is 1. The van der Waals surface area contributed by atoms with Gasteiger partial charge in [0.2, 0.25) is 5.78 Å². The highest BCUT2D eigenvalue weighted by atomic mass is 32.2. The summed E-state index contributed by atoms with van der Waals surface area (Å²) in [7, 11) is 0. The second-order valence-electron chi connectivity index (χ2n) is 5.94. The second kappa shape index (κ2) is 5.82. The lowest BCUT2D eigenvalue weighted by Gasteiger charge is -2.15. The molecular weight excluding hydrogens is 312 g/mol. The van der Waals surface area contributed by atoms with E-state index in [1.54, 1.807) is 30.6 Å². The summed E-state index contributed by atoms with van der Waals surface area (Å²) in [5.74, 6) is 0.953. The number of nitrogens with zero attached hydrogens (tertiary/aromatic N) is 4. The molecule has 1 N–H and O–H groups in total. The summed E-state index contributed by atoms with van der Waals surface area (Å²) >= 11 is 1.41. The van der Waals surface area contributed by atoms with Crippen molar-refractivity contribution in [2.24, 2.45) is 0 Å². The number of hydrogen-bond donors (Lipinski definition) is 1. The van der Waals surface area contributed by atoms with E-state index in [4.69, 9.17) is 0 Å². The van der Waals surface area contributed by atoms with Crippen LogP contribution in [0.15, 0.2) is 46.9 Å². The van der Waals surface area contributed by atoms with Crippen LogP contribution in [0.25, 0.3) is 16.7 Å². The fourth-order valence-electron chi connectivity index (χ4n) is 2.36. The number of fused-ring (bicyclic) bond motifs is 3. The average molecular weight is 330 g/mol. The summed E-state index contributed by atoms with van der Waals surface area (Å²) in [5.41, 5.74) is -0.169. The van der Waals surface area contributed by atoms with Crippen LogP contribution in [0.2, 0.25) is 0 Å². The van der Waals surface area contributed by atoms with Gasteiger partial charge in [-0.3, -0.25) is 13.8 Å². The highest BCUT2D eigenvalue weighted by Crippen LogP contribution is 2.24. The molecule has 3 rings (SSSR count). The highest BCUT2D eigenvalue weighted by Gasteiger charge is 2.19. The smallest absolute Gasteiger partial charge is 0.263 e. The second-order valence-corrected chi connectivity index (χ2v) is 6.88. The minimum Gasteiger partial charge on any atom is -0.390 e. The van der Waals surface area contributed by atoms with Crippen LogP contribution < -0.4 is 5.56 Å². The summed E-state index contributed by atoms with van der Waals surface area (Å²) in [5, 5.41) is 19.6. The monoisotopic (exact) mass is 330 g/mol. The van der Waals surface area contributed by atoms with Crippen LogP contribution >= 0.6 is 11.8 Å². The number of allylic oxidation sites excluding steroid dienone is 1. The maximum atomic E-state index is 12.6. The third-order valence-corrected chi connectivity index (χ3v) is 4.72. The number of thioether (sulfide) groups is 1. The lowest BCUT2D eigenvalue weighted by atomic mass is 10.2. The van der Waals surface area contributed by atoms with Crippen LogP contribution in [0.1, 0.15) is 13.8 Å². The Morgan fingerprint density at radius 2 is 2.09 bits per heavy atom. The molecule has 0 amide bonds. The first-order valence-corrected chi connectivity index (χ1v) is 8.24. The zero-order valence-corrected chi connectivity index (χ0v) is 13.9. The van der Waals surface area contributed by atoms with Gasteiger partial charge in [0, 0.05) is 12.3 Å². The van der Waals surface area contributed by atoms with Crippen molar-refractivity contribution in [1.29, 1.82) is 0 Å². The molecule has 0 saturated carbocycles. The molecule has 0 saturated heterocycles. The van der Waals surface area contributed by atoms with Gasteiger partial charge in [-0.15, -0.1) is 16.8 Å². The molecule has 0 aliphatic heterocycles. The maximum Gasteiger partial charge on any atom is 0.263 e. The van der Waals surface area contributed by atoms with Gasteiger partial charge >= 0.3 is 0 Å². The topological polar surface area (TPSA) is 72.4 Å². The number of aromatic nitrogens is 4. The van der Waals surface area contributed by atoms with E-state index in [2.05, 4.69) is 16.8 Å². The molecule has 23 heavy (non-hydrogen) atoms. The third kappa shape index (κ3) is 2.89. The van der Waals surface area contributed by atoms with Gasteiger partial charge in [-0.05, 0) is 26.0 Å². The van der Waals surface area contributed by atoms with Gasteiger partial charge in [0.25, 0.3) is 5.56 Å². The summed E-state index contributed by atoms with van der Waals surface area (Å²) in [6.45, 7) is 7.56. The molecule has 0 aliphatic rings. The number of rotatable bonds is 5. The van der Waals surface area contributed by atoms with E-state index >= 15 is 0 Å². The van der Waals surface area contributed by atoms with Crippen molar-refractivity contribution in [1.82, 2.24) is 19.2 Å². The number of para-hydroxylation sites is 1. The standard InChI is InChI=1S/C16H18N4O2S/c1-4-9-19-13(21)11-7-5-6-8-12(11)20-14(19)17-18-15(20)23-10-16(2,3)22/h4-8,22H,1,9-10H2,2-3H3. The van der Waals surface area contributed by atoms with Crippen molar-refractivity contribution in [2.45, 2.75) is 31.1 Å². The predicted octanol–water partition coefficient (Wildman–Crippen LogP) is 2.09. The largest absolute Gasteiger partial charge is 0.390 e. The Labute approximate surface area is 137 Å². The van der Waals surface area contributed by atoms with Gasteiger partial charge in [0.15, 0.2) is 5.16 Å². The Morgan fingerprint density at radius 3 is 2.78 bits per heavy atom. The van der Waals surface area contributed by atoms with E-state index in [9.17, 15) is 9.90 Å². The van der Waals surface area contributed by atoms with E-state index in [0.29, 0.717) is 28.6 Å². The minimum atomic E-state index is -0.818. The normalized spacial score (nSPS) is 12.1. The lowest BCUT2D eigenvalue weighted by molar-refractivity contribution is 0.107. The molecule has 0 spiro atoms. The van der Waals surface area contributed by atoms with Gasteiger partial charge in [-0.2, -0.15) is 0 Å². The van der Waals surface area contributed by atoms with Gasteiger partial charge in [0.05, 0.1) is 16.5 Å². The Balaban J connectivity index is 2.29. The van der Waals surface area contributed by atoms with E-state index in [1.807, 2.05) is 22.6 Å². The Bertz CT molecular complexity index is 937. The molecule has 0 aliphatic carbocycles. The third-order valence-electron chi connectivity index (χ3n) is 3.34. The zero-order valence-electron chi connectivity index (χ0n) is 13.1. The quantitative estimate of drug-likeness (QED) is 0.573. The van der Waals surface area contributed by atoms with Crippen LogP contribution in [-0.2, 0) is 6.54 Å². The van der Waals surface area contributed by atoms with Crippen LogP contribution in [0.5, 0.6) is 0 Å². The highest BCUT2D eigenvalue weighted by molar-refractivity contribution is 7.99. The summed E-state index contributed by atoms with van der Waals surface area (Å²) in [6.07, 6.45) is 1.66. The van der Waals surface area contributed by atoms with E-state index in [1.165, 1.54) is 11.8 Å². The zero-order chi connectivity index (χ0) is 16.6. The molecule has 2 heterocycles. The van der Waals surface area contributed by atoms with Gasteiger partial charge in [-0.25, -0.2) is 0 Å². The Morgan fingerprint density at radius 1 is 1.35 bits per heavy atom. The van der Waals surface area contributed by atoms with Gasteiger partial charge in [0.1, 0.15) is 0 Å². The van der Waals surface area contributed by atoms with E-state index < -0.39 is 5.60 Å². The lowest BCUT2D eigenvalue weighted by Crippen LogP contribution is -2.23. The Kier molecular flexibility index (Phi) is 3.99. The number of benzene rings is 1. The summed E-state index contributed by atoms with van der Waals surface area (Å²) < 4.78 is 3.41. The van der Waals surface area contributed by atoms with Gasteiger partial charge in [-0.1, -0.05) is 30.0 Å². The van der Waals surface area contributed by atoms with Crippen LogP contribution in [0, 0.1) is 0 Å². The fraction of sp³-hybridized carbons (Fsp3) is 0.312. The first kappa shape index (κ1) is 15.8. The Hall–Kier alpha value is -2.12. The predicted molar refractivity (Wildman–Crippen MR) is 92.0 cm³/mol. The first-order chi connectivity index (χ1) is 10.9. The minimum absolute atomic E-state index is 0.112. The summed E-state index contributed by atoms with van der Waals surface area (Å²) in [6, 6.07) is 7.38. The number of hydrogen-bond acceptors (Lipinski definition) is 5. The van der Waals surface area contributed by atoms with Crippen molar-refractivity contribution in [2.75, 3.05) is 5.75 Å². The molecule has 0 fully saturated rings. The fourth-order valence-corrected chi connectivity index (χ4v) is 3.25. The molecule has 2 aromatic heterocycles. The van der Waals surface area contributed by atoms with Crippen LogP contribution in [0.4, 0.5) is 0 Å². The molecule has 1 aromatic carbocycles. The molecular formula is C16H18N4O2S. The summed E-state index contributed by atoms with van der Waals surface area (Å²) in [4.78, 5) is 12.6. The van der Waals surface area contributed by atoms with Crippen molar-refractivity contribution in [3.63, 3.8) is 0 Å². The molecule has 0 unspecified atom stereocenters. The SMILES string of the molecule is C=CCn1c(=O)c2ccccc2n2c(SCC(C)(C)O)nnc12. The molecule has 6 nitrogen and oxygen atoms in total. The van der Waals surface area contributed by atoms with Crippen LogP contribution in [-0.4, -0.2) is 35.6 Å². The van der Waals surface area contributed by atoms with E-state index in [-0.39, 0.29) is 5.56 Å². The van der Waals surface area contributed by atoms with Crippen molar-refractivity contribution in [3.05, 3.63) is 47.3 Å². The van der Waals surface area contributed by atoms with Crippen molar-refractivity contribution >= 4 is 28.4 Å². The average Bonchev–Trinajstić information content (AvgIpc) is 2.93.